The quantitative estimate of drug-likeness (QED) is 0.289. The molecule has 0 aliphatic carbocycles. The molecule has 0 unspecified atom stereocenters. The zero-order valence-electron chi connectivity index (χ0n) is 23.7. The molecular weight excluding hydrogens is 553 g/mol. The number of alkyl halides is 3. The van der Waals surface area contributed by atoms with Crippen LogP contribution in [0.25, 0.3) is 33.9 Å². The van der Waals surface area contributed by atoms with Crippen LogP contribution in [0.4, 0.5) is 18.9 Å². The van der Waals surface area contributed by atoms with Crippen LogP contribution in [0.1, 0.15) is 25.2 Å². The number of carboxylic acid groups (broad SMARTS) is 1. The summed E-state index contributed by atoms with van der Waals surface area (Å²) >= 11 is 0. The SMILES string of the molecule is CC[NH+](CC)CCOc1ccc2cc3c(=O)c(O)c(/C=C/c4ccc(N(C)C)cc4)oc3cc2c1.O=C([O-])C(F)(F)F. The third-order valence-corrected chi connectivity index (χ3v) is 6.62. The molecule has 4 aromatic rings. The monoisotopic (exact) mass is 586 g/mol. The Labute approximate surface area is 240 Å². The minimum Gasteiger partial charge on any atom is -0.542 e. The van der Waals surface area contributed by atoms with Gasteiger partial charge in [0.1, 0.15) is 30.5 Å². The van der Waals surface area contributed by atoms with Crippen LogP contribution in [-0.4, -0.2) is 57.6 Å². The highest BCUT2D eigenvalue weighted by molar-refractivity contribution is 5.97. The summed E-state index contributed by atoms with van der Waals surface area (Å²) in [5, 5.41) is 21.4. The van der Waals surface area contributed by atoms with Crippen molar-refractivity contribution in [1.29, 1.82) is 0 Å². The molecule has 3 aromatic carbocycles. The van der Waals surface area contributed by atoms with Gasteiger partial charge in [0.25, 0.3) is 0 Å². The molecule has 0 saturated carbocycles. The Hall–Kier alpha value is -4.51. The van der Waals surface area contributed by atoms with E-state index in [4.69, 9.17) is 19.1 Å². The minimum atomic E-state index is -5.19. The van der Waals surface area contributed by atoms with Crippen LogP contribution in [0.5, 0.6) is 11.5 Å². The number of carbonyl (C=O) groups is 1. The molecule has 0 amide bonds. The molecule has 4 rings (SSSR count). The highest BCUT2D eigenvalue weighted by Crippen LogP contribution is 2.28. The third kappa shape index (κ3) is 8.26. The number of anilines is 1. The highest BCUT2D eigenvalue weighted by Gasteiger charge is 2.28. The summed E-state index contributed by atoms with van der Waals surface area (Å²) < 4.78 is 43.5. The molecule has 0 aliphatic rings. The van der Waals surface area contributed by atoms with E-state index < -0.39 is 23.3 Å². The lowest BCUT2D eigenvalue weighted by atomic mass is 10.1. The Bertz CT molecular complexity index is 1610. The van der Waals surface area contributed by atoms with Crippen LogP contribution in [0.2, 0.25) is 0 Å². The first-order valence-electron chi connectivity index (χ1n) is 13.3. The standard InChI is InChI=1S/C29H32N2O4.C2HF3O2/c1-5-31(6-2)15-16-34-24-13-10-21-18-25-27(19-22(21)17-24)35-26(29(33)28(25)32)14-9-20-7-11-23(12-8-20)30(3)4;3-2(4,5)1(6)7/h7-14,17-19,33H,5-6,15-16H2,1-4H3;(H,6,7)/b14-9+;. The van der Waals surface area contributed by atoms with Gasteiger partial charge in [-0.15, -0.1) is 0 Å². The summed E-state index contributed by atoms with van der Waals surface area (Å²) in [6.45, 7) is 8.10. The molecule has 2 N–H and O–H groups in total. The Balaban J connectivity index is 0.000000616. The van der Waals surface area contributed by atoms with Gasteiger partial charge in [-0.2, -0.15) is 13.2 Å². The molecule has 0 fully saturated rings. The maximum absolute atomic E-state index is 12.9. The van der Waals surface area contributed by atoms with E-state index in [1.807, 2.05) is 73.6 Å². The zero-order valence-corrected chi connectivity index (χ0v) is 23.7. The number of rotatable bonds is 9. The fourth-order valence-corrected chi connectivity index (χ4v) is 4.10. The summed E-state index contributed by atoms with van der Waals surface area (Å²) in [5.74, 6) is -2.48. The first kappa shape index (κ1) is 32.0. The lowest BCUT2D eigenvalue weighted by molar-refractivity contribution is -0.896. The van der Waals surface area contributed by atoms with Crippen molar-refractivity contribution >= 4 is 45.6 Å². The van der Waals surface area contributed by atoms with Crippen molar-refractivity contribution in [1.82, 2.24) is 0 Å². The Kier molecular flexibility index (Phi) is 10.6. The van der Waals surface area contributed by atoms with Gasteiger partial charge >= 0.3 is 6.18 Å². The summed E-state index contributed by atoms with van der Waals surface area (Å²) in [4.78, 5) is 25.2. The summed E-state index contributed by atoms with van der Waals surface area (Å²) in [6.07, 6.45) is -1.76. The molecular formula is C31H33F3N2O6. The molecule has 0 saturated heterocycles. The van der Waals surface area contributed by atoms with E-state index in [9.17, 15) is 23.1 Å². The number of fused-ring (bicyclic) bond motifs is 2. The van der Waals surface area contributed by atoms with Crippen LogP contribution < -0.4 is 25.1 Å². The lowest BCUT2D eigenvalue weighted by Crippen LogP contribution is -3.12. The van der Waals surface area contributed by atoms with E-state index in [2.05, 4.69) is 13.8 Å². The number of nitrogens with one attached hydrogen (secondary N) is 1. The Morgan fingerprint density at radius 2 is 1.67 bits per heavy atom. The van der Waals surface area contributed by atoms with Crippen molar-refractivity contribution in [2.75, 3.05) is 45.2 Å². The number of quaternary nitrogens is 1. The number of carbonyl (C=O) groups excluding carboxylic acids is 1. The average molecular weight is 587 g/mol. The first-order chi connectivity index (χ1) is 19.8. The first-order valence-corrected chi connectivity index (χ1v) is 13.3. The predicted molar refractivity (Wildman–Crippen MR) is 155 cm³/mol. The van der Waals surface area contributed by atoms with Gasteiger partial charge in [-0.1, -0.05) is 24.3 Å². The second kappa shape index (κ2) is 13.9. The van der Waals surface area contributed by atoms with Gasteiger partial charge in [0.2, 0.25) is 11.2 Å². The van der Waals surface area contributed by atoms with Crippen LogP contribution >= 0.6 is 0 Å². The number of aromatic hydroxyl groups is 1. The molecule has 0 spiro atoms. The number of hydrogen-bond donors (Lipinski definition) is 2. The fourth-order valence-electron chi connectivity index (χ4n) is 4.10. The maximum atomic E-state index is 12.9. The summed E-state index contributed by atoms with van der Waals surface area (Å²) in [6, 6.07) is 17.3. The van der Waals surface area contributed by atoms with E-state index in [-0.39, 0.29) is 5.76 Å². The van der Waals surface area contributed by atoms with E-state index in [1.165, 1.54) is 4.90 Å². The van der Waals surface area contributed by atoms with Crippen molar-refractivity contribution < 1.29 is 42.2 Å². The molecule has 11 heteroatoms. The second-order valence-electron chi connectivity index (χ2n) is 9.66. The normalized spacial score (nSPS) is 11.6. The van der Waals surface area contributed by atoms with Gasteiger partial charge in [0, 0.05) is 19.8 Å². The molecule has 1 heterocycles. The topological polar surface area (TPSA) is 107 Å². The summed E-state index contributed by atoms with van der Waals surface area (Å²) in [7, 11) is 3.97. The molecule has 42 heavy (non-hydrogen) atoms. The number of likely N-dealkylation sites (N-methyl/N-ethyl adjacent to an activating group) is 1. The fraction of sp³-hybridized carbons (Fsp3) is 0.290. The van der Waals surface area contributed by atoms with Crippen LogP contribution in [0.3, 0.4) is 0 Å². The number of aliphatic carboxylic acids is 1. The largest absolute Gasteiger partial charge is 0.542 e. The smallest absolute Gasteiger partial charge is 0.430 e. The van der Waals surface area contributed by atoms with Crippen LogP contribution in [-0.2, 0) is 4.79 Å². The van der Waals surface area contributed by atoms with Gasteiger partial charge < -0.3 is 34.0 Å². The van der Waals surface area contributed by atoms with E-state index >= 15 is 0 Å². The van der Waals surface area contributed by atoms with Crippen LogP contribution in [0.15, 0.2) is 63.8 Å². The maximum Gasteiger partial charge on any atom is 0.430 e. The minimum absolute atomic E-state index is 0.133. The number of nitrogens with zero attached hydrogens (tertiary/aromatic N) is 1. The molecule has 8 nitrogen and oxygen atoms in total. The van der Waals surface area contributed by atoms with Crippen molar-refractivity contribution in [3.8, 4) is 11.5 Å². The zero-order chi connectivity index (χ0) is 31.0. The highest BCUT2D eigenvalue weighted by atomic mass is 19.4. The number of benzene rings is 3. The van der Waals surface area contributed by atoms with Gasteiger partial charge in [0.05, 0.1) is 18.5 Å². The Morgan fingerprint density at radius 1 is 1.02 bits per heavy atom. The van der Waals surface area contributed by atoms with Crippen molar-refractivity contribution in [3.63, 3.8) is 0 Å². The molecule has 0 bridgehead atoms. The van der Waals surface area contributed by atoms with E-state index in [0.29, 0.717) is 17.6 Å². The molecule has 0 atom stereocenters. The van der Waals surface area contributed by atoms with Gasteiger partial charge in [0.15, 0.2) is 5.76 Å². The number of ether oxygens (including phenoxy) is 1. The van der Waals surface area contributed by atoms with Gasteiger partial charge in [-0.25, -0.2) is 0 Å². The van der Waals surface area contributed by atoms with Gasteiger partial charge in [-0.3, -0.25) is 4.79 Å². The third-order valence-electron chi connectivity index (χ3n) is 6.62. The number of halogens is 3. The Morgan fingerprint density at radius 3 is 2.24 bits per heavy atom. The predicted octanol–water partition coefficient (Wildman–Crippen LogP) is 3.49. The van der Waals surface area contributed by atoms with Crippen LogP contribution in [0, 0.1) is 0 Å². The molecule has 0 radical (unpaired) electrons. The summed E-state index contributed by atoms with van der Waals surface area (Å²) in [5.41, 5.74) is 2.00. The van der Waals surface area contributed by atoms with E-state index in [1.54, 1.807) is 12.1 Å². The van der Waals surface area contributed by atoms with E-state index in [0.717, 1.165) is 47.4 Å². The number of hydrogen-bond acceptors (Lipinski definition) is 7. The second-order valence-corrected chi connectivity index (χ2v) is 9.66. The van der Waals surface area contributed by atoms with Crippen molar-refractivity contribution in [2.24, 2.45) is 0 Å². The lowest BCUT2D eigenvalue weighted by Gasteiger charge is -2.15. The molecule has 1 aromatic heterocycles. The number of carboxylic acids is 1. The van der Waals surface area contributed by atoms with Gasteiger partial charge in [-0.05, 0) is 72.7 Å². The molecule has 0 aliphatic heterocycles. The average Bonchev–Trinajstić information content (AvgIpc) is 2.95. The van der Waals surface area contributed by atoms with Crippen molar-refractivity contribution in [3.05, 3.63) is 76.1 Å². The van der Waals surface area contributed by atoms with Crippen molar-refractivity contribution in [2.45, 2.75) is 20.0 Å². The molecule has 224 valence electrons.